The highest BCUT2D eigenvalue weighted by atomic mass is 35.6. The van der Waals surface area contributed by atoms with Crippen molar-refractivity contribution in [3.8, 4) is 0 Å². The second-order valence-electron chi connectivity index (χ2n) is 25.7. The van der Waals surface area contributed by atoms with E-state index >= 15 is 14.4 Å². The fourth-order valence-electron chi connectivity index (χ4n) is 12.3. The van der Waals surface area contributed by atoms with Crippen LogP contribution in [0.3, 0.4) is 0 Å². The summed E-state index contributed by atoms with van der Waals surface area (Å²) in [6.45, 7) is -1.88. The van der Waals surface area contributed by atoms with Gasteiger partial charge in [-0.05, 0) is 109 Å². The van der Waals surface area contributed by atoms with Gasteiger partial charge in [0.1, 0.15) is 38.1 Å². The molecule has 115 heavy (non-hydrogen) atoms. The van der Waals surface area contributed by atoms with E-state index in [-0.39, 0.29) is 50.1 Å². The third-order valence-corrected chi connectivity index (χ3v) is 18.3. The van der Waals surface area contributed by atoms with Crippen LogP contribution < -0.4 is 0 Å². The highest BCUT2D eigenvalue weighted by Crippen LogP contribution is 2.41. The largest absolute Gasteiger partial charge is 0.459 e. The molecular weight excluding hydrogens is 1560 g/mol. The van der Waals surface area contributed by atoms with Gasteiger partial charge in [-0.3, -0.25) is 10.2 Å². The molecule has 30 heteroatoms. The molecule has 27 nitrogen and oxygen atoms in total. The minimum Gasteiger partial charge on any atom is -0.459 e. The van der Waals surface area contributed by atoms with E-state index in [9.17, 15) is 33.6 Å². The third kappa shape index (κ3) is 21.6. The minimum absolute atomic E-state index is 0.0126. The van der Waals surface area contributed by atoms with Crippen molar-refractivity contribution in [1.82, 2.24) is 0 Å². The van der Waals surface area contributed by atoms with Gasteiger partial charge in [0.2, 0.25) is 12.2 Å². The van der Waals surface area contributed by atoms with Crippen molar-refractivity contribution in [3.05, 3.63) is 323 Å². The standard InChI is InChI=1S/C85H70Cl3NO26/c1-50(90)103-69-66(110-78(97)57-41-23-8-24-42-57)63(107-75(94)54-35-17-5-18-36-54)60(47-100-72(91)51-29-11-2-12-30-51)104-81(69)113-70-67(111-79(98)58-43-25-9-26-44-58)64(108-76(95)55-37-19-6-20-38-55)61(48-101-73(92)52-31-13-3-14-32-52)105-82(70)114-71-68(112-80(99)59-45-27-10-28-46-59)65(109-77(96)56-39-21-7-22-40-56)62(106-83(71)115-84(89)85(86,87)88)49-102-74(93)53-33-15-4-16-34-53/h2-46,60-71,81-83,89H,47-49H2,1H3/t60-,61-,62-,63-,64-,65-,66+,67+,68+,69+,70+,71+,81-,82-,83-/m1/s1. The first-order valence-corrected chi connectivity index (χ1v) is 36.8. The number of hydrogen-bond acceptors (Lipinski definition) is 27. The highest BCUT2D eigenvalue weighted by molar-refractivity contribution is 6.76. The van der Waals surface area contributed by atoms with Crippen LogP contribution in [-0.2, 0) is 80.6 Å². The Balaban J connectivity index is 1.08. The van der Waals surface area contributed by atoms with E-state index in [2.05, 4.69) is 0 Å². The zero-order valence-electron chi connectivity index (χ0n) is 60.5. The molecule has 3 aliphatic rings. The van der Waals surface area contributed by atoms with Gasteiger partial charge < -0.3 is 75.8 Å². The number of halogens is 3. The van der Waals surface area contributed by atoms with E-state index < -0.39 is 181 Å². The van der Waals surface area contributed by atoms with Gasteiger partial charge in [-0.25, -0.2) is 43.2 Å². The van der Waals surface area contributed by atoms with Gasteiger partial charge in [0, 0.05) is 6.92 Å². The van der Waals surface area contributed by atoms with Gasteiger partial charge >= 0.3 is 59.7 Å². The van der Waals surface area contributed by atoms with Crippen LogP contribution in [0.4, 0.5) is 0 Å². The first-order valence-electron chi connectivity index (χ1n) is 35.6. The van der Waals surface area contributed by atoms with Gasteiger partial charge in [-0.15, -0.1) is 0 Å². The molecule has 0 bridgehead atoms. The molecule has 0 aromatic heterocycles. The lowest BCUT2D eigenvalue weighted by Gasteiger charge is -2.50. The molecule has 9 aromatic rings. The predicted molar refractivity (Wildman–Crippen MR) is 404 cm³/mol. The lowest BCUT2D eigenvalue weighted by Crippen LogP contribution is -2.69. The number of esters is 10. The van der Waals surface area contributed by atoms with E-state index in [0.29, 0.717) is 0 Å². The second kappa shape index (κ2) is 39.0. The summed E-state index contributed by atoms with van der Waals surface area (Å²) in [7, 11) is 0. The predicted octanol–water partition coefficient (Wildman–Crippen LogP) is 12.2. The van der Waals surface area contributed by atoms with Crippen molar-refractivity contribution < 1.29 is 124 Å². The fraction of sp³-hybridized carbons (Fsp3) is 0.235. The molecule has 0 saturated carbocycles. The Morgan fingerprint density at radius 3 is 0.704 bits per heavy atom. The Kier molecular flexibility index (Phi) is 27.9. The average Bonchev–Trinajstić information content (AvgIpc) is 0.753. The number of ether oxygens (including phenoxy) is 16. The van der Waals surface area contributed by atoms with Crippen LogP contribution in [0.15, 0.2) is 273 Å². The van der Waals surface area contributed by atoms with Crippen molar-refractivity contribution in [1.29, 1.82) is 5.41 Å². The number of carbonyl (C=O) groups excluding carboxylic acids is 10. The van der Waals surface area contributed by atoms with Crippen LogP contribution >= 0.6 is 34.8 Å². The van der Waals surface area contributed by atoms with Crippen LogP contribution in [0.25, 0.3) is 0 Å². The number of hydrogen-bond donors (Lipinski definition) is 1. The molecule has 3 aliphatic heterocycles. The van der Waals surface area contributed by atoms with Gasteiger partial charge in [0.05, 0.1) is 50.1 Å². The van der Waals surface area contributed by atoms with E-state index in [1.54, 1.807) is 78.9 Å². The molecule has 0 amide bonds. The maximum atomic E-state index is 15.4. The Morgan fingerprint density at radius 1 is 0.270 bits per heavy atom. The molecule has 0 radical (unpaired) electrons. The van der Waals surface area contributed by atoms with Crippen molar-refractivity contribution in [2.75, 3.05) is 19.8 Å². The number of benzene rings is 9. The highest BCUT2D eigenvalue weighted by Gasteiger charge is 2.62. The van der Waals surface area contributed by atoms with E-state index in [0.717, 1.165) is 6.92 Å². The van der Waals surface area contributed by atoms with E-state index in [1.807, 2.05) is 0 Å². The first kappa shape index (κ1) is 82.3. The molecule has 592 valence electrons. The summed E-state index contributed by atoms with van der Waals surface area (Å²) in [5.74, 6) is -12.2. The molecule has 1 N–H and O–H groups in total. The number of alkyl halides is 3. The molecule has 3 heterocycles. The van der Waals surface area contributed by atoms with Gasteiger partial charge in [0.25, 0.3) is 3.79 Å². The van der Waals surface area contributed by atoms with Crippen molar-refractivity contribution in [3.63, 3.8) is 0 Å². The molecule has 3 fully saturated rings. The quantitative estimate of drug-likeness (QED) is 0.0164. The number of nitrogens with one attached hydrogen (secondary N) is 1. The maximum absolute atomic E-state index is 15.4. The minimum atomic E-state index is -2.80. The molecule has 3 saturated heterocycles. The molecule has 0 spiro atoms. The van der Waals surface area contributed by atoms with Gasteiger partial charge in [-0.1, -0.05) is 199 Å². The lowest BCUT2D eigenvalue weighted by molar-refractivity contribution is -0.387. The Morgan fingerprint density at radius 2 is 0.470 bits per heavy atom. The molecule has 0 unspecified atom stereocenters. The summed E-state index contributed by atoms with van der Waals surface area (Å²) in [6, 6.07) is 66.7. The van der Waals surface area contributed by atoms with Crippen LogP contribution in [0.5, 0.6) is 0 Å². The maximum Gasteiger partial charge on any atom is 0.338 e. The first-order chi connectivity index (χ1) is 55.6. The summed E-state index contributed by atoms with van der Waals surface area (Å²) in [6.07, 6.45) is -33.1. The third-order valence-electron chi connectivity index (χ3n) is 17.8. The van der Waals surface area contributed by atoms with Crippen LogP contribution in [-0.4, -0.2) is 181 Å². The van der Waals surface area contributed by atoms with Crippen LogP contribution in [0.2, 0.25) is 0 Å². The van der Waals surface area contributed by atoms with Gasteiger partial charge in [-0.2, -0.15) is 0 Å². The zero-order valence-corrected chi connectivity index (χ0v) is 62.8. The van der Waals surface area contributed by atoms with Crippen molar-refractivity contribution >= 4 is 100 Å². The lowest BCUT2D eigenvalue weighted by atomic mass is 9.95. The molecule has 12 rings (SSSR count). The molecular formula is C85H70Cl3NO26. The van der Waals surface area contributed by atoms with Gasteiger partial charge in [0.15, 0.2) is 67.5 Å². The van der Waals surface area contributed by atoms with Crippen molar-refractivity contribution in [2.24, 2.45) is 0 Å². The summed E-state index contributed by atoms with van der Waals surface area (Å²) in [5, 5.41) is 9.15. The SMILES string of the molecule is CC(=O)O[C@@H]1[C@@H](O[C@@H]2[C@@H](O[C@@H]3[C@@H](OC(=N)C(Cl)(Cl)Cl)O[C@H](COC(=O)c4ccccc4)[C@@H](OC(=O)c4ccccc4)[C@@H]3OC(=O)c3ccccc3)O[C@H](COC(=O)c3ccccc3)[C@@H](OC(=O)c3ccccc3)[C@@H]2OC(=O)c2ccccc2)O[C@H](COC(=O)c2ccccc2)[C@@H](OC(=O)c2ccccc2)[C@@H]1OC(=O)c1ccccc1. The average molecular weight is 1630 g/mol. The zero-order chi connectivity index (χ0) is 81.0. The summed E-state index contributed by atoms with van der Waals surface area (Å²) in [4.78, 5) is 147. The number of carbonyl (C=O) groups is 10. The Bertz CT molecular complexity index is 4830. The summed E-state index contributed by atoms with van der Waals surface area (Å²) >= 11 is 19.3. The molecule has 15 atom stereocenters. The van der Waals surface area contributed by atoms with Crippen molar-refractivity contribution in [2.45, 2.75) is 103 Å². The van der Waals surface area contributed by atoms with E-state index in [1.165, 1.54) is 194 Å². The monoisotopic (exact) mass is 1630 g/mol. The van der Waals surface area contributed by atoms with Crippen LogP contribution in [0.1, 0.15) is 100 Å². The topological polar surface area (TPSA) is 342 Å². The summed E-state index contributed by atoms with van der Waals surface area (Å²) in [5.41, 5.74) is -0.715. The normalized spacial score (nSPS) is 23.0. The second-order valence-corrected chi connectivity index (χ2v) is 27.9. The Labute approximate surface area is 671 Å². The van der Waals surface area contributed by atoms with Crippen LogP contribution in [0, 0.1) is 5.41 Å². The number of rotatable bonds is 27. The molecule has 0 aliphatic carbocycles. The molecule has 9 aromatic carbocycles. The summed E-state index contributed by atoms with van der Waals surface area (Å²) < 4.78 is 101. The Hall–Kier alpha value is -12.2. The fourth-order valence-corrected chi connectivity index (χ4v) is 12.5. The van der Waals surface area contributed by atoms with E-state index in [4.69, 9.17) is 116 Å². The smallest absolute Gasteiger partial charge is 0.338 e.